The second-order valence-electron chi connectivity index (χ2n) is 17.2. The summed E-state index contributed by atoms with van der Waals surface area (Å²) in [5.41, 5.74) is 0. The lowest BCUT2D eigenvalue weighted by Crippen LogP contribution is -2.59. The minimum atomic E-state index is -1.09. The van der Waals surface area contributed by atoms with Gasteiger partial charge in [0.25, 0.3) is 0 Å². The summed E-state index contributed by atoms with van der Waals surface area (Å²) in [5.74, 6) is -3.99. The van der Waals surface area contributed by atoms with Gasteiger partial charge in [0.1, 0.15) is 36.3 Å². The summed E-state index contributed by atoms with van der Waals surface area (Å²) in [4.78, 5) is 94.7. The van der Waals surface area contributed by atoms with Gasteiger partial charge in [-0.3, -0.25) is 33.7 Å². The molecule has 334 valence electrons. The van der Waals surface area contributed by atoms with Crippen molar-refractivity contribution >= 4 is 41.4 Å². The van der Waals surface area contributed by atoms with Crippen molar-refractivity contribution in [3.8, 4) is 0 Å². The molecule has 1 aliphatic rings. The average molecular weight is 824 g/mol. The first-order valence-corrected chi connectivity index (χ1v) is 21.3. The summed E-state index contributed by atoms with van der Waals surface area (Å²) in [7, 11) is 1.23. The number of hydrogen-bond donors (Lipinski definition) is 8. The van der Waals surface area contributed by atoms with Gasteiger partial charge >= 0.3 is 5.97 Å². The first-order chi connectivity index (χ1) is 27.2. The Bertz CT molecular complexity index is 1300. The fourth-order valence-corrected chi connectivity index (χ4v) is 6.50. The lowest BCUT2D eigenvalue weighted by atomic mass is 10.00. The van der Waals surface area contributed by atoms with Crippen LogP contribution in [0.25, 0.3) is 0 Å². The molecular formula is C41H77N9O8. The van der Waals surface area contributed by atoms with Crippen molar-refractivity contribution < 1.29 is 38.3 Å². The number of nitrogens with zero attached hydrogens (tertiary/aromatic N) is 1. The van der Waals surface area contributed by atoms with E-state index in [0.717, 1.165) is 58.5 Å². The van der Waals surface area contributed by atoms with Gasteiger partial charge in [0.05, 0.1) is 13.7 Å². The number of carbonyl (C=O) groups is 7. The van der Waals surface area contributed by atoms with Crippen LogP contribution in [0.2, 0.25) is 0 Å². The lowest BCUT2D eigenvalue weighted by Gasteiger charge is -2.27. The molecule has 0 radical (unpaired) electrons. The van der Waals surface area contributed by atoms with Gasteiger partial charge in [-0.25, -0.2) is 4.79 Å². The number of methoxy groups -OCH3 is 1. The number of rotatable bonds is 21. The fraction of sp³-hybridized carbons (Fsp3) is 0.829. The zero-order valence-electron chi connectivity index (χ0n) is 37.2. The van der Waals surface area contributed by atoms with Gasteiger partial charge in [0, 0.05) is 0 Å². The van der Waals surface area contributed by atoms with Crippen molar-refractivity contribution in [2.24, 2.45) is 23.7 Å². The third-order valence-corrected chi connectivity index (χ3v) is 9.69. The first kappa shape index (κ1) is 52.2. The molecule has 0 aromatic rings. The highest BCUT2D eigenvalue weighted by atomic mass is 16.5. The van der Waals surface area contributed by atoms with E-state index in [2.05, 4.69) is 47.4 Å². The molecule has 17 heteroatoms. The van der Waals surface area contributed by atoms with E-state index < -0.39 is 71.8 Å². The molecule has 0 spiro atoms. The van der Waals surface area contributed by atoms with Gasteiger partial charge in [-0.2, -0.15) is 0 Å². The van der Waals surface area contributed by atoms with Gasteiger partial charge in [-0.05, 0) is 115 Å². The standard InChI is InChI=1S/C41H77N9O8/c1-25(2)21-31(46-34(51)24-50-19-13-17-42-15-12-16-43-18-14-20-50)38(54)44-29(9)36(52)47-32(22-26(3)4)39(55)45-30(10)37(53)48-33(23-27(5)6)40(56)49-35(28(7)8)41(57)58-11/h25-33,35,42-43H,12-24H2,1-11H3,(H,44,54)(H,45,55)(H,46,51)(H,47,52)(H,48,53)(H,49,56)/t29-,30-,31-,32-,33-,35-/m0/s1. The van der Waals surface area contributed by atoms with Gasteiger partial charge in [0.15, 0.2) is 0 Å². The van der Waals surface area contributed by atoms with Crippen LogP contribution in [0.4, 0.5) is 0 Å². The molecule has 0 bridgehead atoms. The Labute approximate surface area is 347 Å². The second-order valence-corrected chi connectivity index (χ2v) is 17.2. The second kappa shape index (κ2) is 27.8. The van der Waals surface area contributed by atoms with Gasteiger partial charge in [-0.15, -0.1) is 0 Å². The average Bonchev–Trinajstić information content (AvgIpc) is 3.12. The molecule has 1 rings (SSSR count). The predicted octanol–water partition coefficient (Wildman–Crippen LogP) is 0.567. The Kier molecular flexibility index (Phi) is 25.0. The number of ether oxygens (including phenoxy) is 1. The van der Waals surface area contributed by atoms with Crippen LogP contribution in [0.3, 0.4) is 0 Å². The summed E-state index contributed by atoms with van der Waals surface area (Å²) >= 11 is 0. The highest BCUT2D eigenvalue weighted by molar-refractivity contribution is 5.96. The van der Waals surface area contributed by atoms with Crippen LogP contribution in [0.1, 0.15) is 108 Å². The van der Waals surface area contributed by atoms with Crippen molar-refractivity contribution in [1.29, 1.82) is 0 Å². The Morgan fingerprint density at radius 3 is 1.28 bits per heavy atom. The van der Waals surface area contributed by atoms with Crippen molar-refractivity contribution in [3.05, 3.63) is 0 Å². The van der Waals surface area contributed by atoms with Crippen LogP contribution in [-0.4, -0.2) is 135 Å². The molecule has 17 nitrogen and oxygen atoms in total. The molecule has 0 aromatic carbocycles. The minimum Gasteiger partial charge on any atom is -0.467 e. The van der Waals surface area contributed by atoms with Crippen molar-refractivity contribution in [3.63, 3.8) is 0 Å². The molecule has 0 aliphatic carbocycles. The Balaban J connectivity index is 2.95. The van der Waals surface area contributed by atoms with E-state index in [0.29, 0.717) is 6.42 Å². The van der Waals surface area contributed by atoms with Crippen LogP contribution >= 0.6 is 0 Å². The van der Waals surface area contributed by atoms with Crippen molar-refractivity contribution in [2.75, 3.05) is 52.9 Å². The monoisotopic (exact) mass is 824 g/mol. The molecule has 1 heterocycles. The van der Waals surface area contributed by atoms with E-state index in [-0.39, 0.29) is 49.0 Å². The SMILES string of the molecule is COC(=O)[C@@H](NC(=O)[C@H](CC(C)C)NC(=O)[C@H](C)NC(=O)[C@H](CC(C)C)NC(=O)[C@H](C)NC(=O)[C@H](CC(C)C)NC(=O)CN1CCCNCCCNCCC1)C(C)C. The zero-order valence-corrected chi connectivity index (χ0v) is 37.2. The van der Waals surface area contributed by atoms with Crippen LogP contribution in [-0.2, 0) is 38.3 Å². The van der Waals surface area contributed by atoms with Crippen LogP contribution in [0, 0.1) is 23.7 Å². The molecule has 0 aromatic heterocycles. The normalized spacial score (nSPS) is 17.7. The van der Waals surface area contributed by atoms with E-state index in [1.165, 1.54) is 21.0 Å². The molecule has 58 heavy (non-hydrogen) atoms. The Morgan fingerprint density at radius 1 is 0.517 bits per heavy atom. The maximum Gasteiger partial charge on any atom is 0.328 e. The largest absolute Gasteiger partial charge is 0.467 e. The lowest BCUT2D eigenvalue weighted by molar-refractivity contribution is -0.146. The van der Waals surface area contributed by atoms with E-state index in [1.54, 1.807) is 13.8 Å². The van der Waals surface area contributed by atoms with Gasteiger partial charge < -0.3 is 47.3 Å². The highest BCUT2D eigenvalue weighted by Crippen LogP contribution is 2.11. The molecule has 0 saturated carbocycles. The Hall–Kier alpha value is -3.83. The van der Waals surface area contributed by atoms with E-state index in [4.69, 9.17) is 4.74 Å². The molecule has 6 amide bonds. The zero-order chi connectivity index (χ0) is 43.9. The smallest absolute Gasteiger partial charge is 0.328 e. The predicted molar refractivity (Wildman–Crippen MR) is 224 cm³/mol. The molecule has 1 fully saturated rings. The quantitative estimate of drug-likeness (QED) is 0.0747. The number of carbonyl (C=O) groups excluding carboxylic acids is 7. The summed E-state index contributed by atoms with van der Waals surface area (Å²) in [5, 5.41) is 23.2. The van der Waals surface area contributed by atoms with Crippen molar-refractivity contribution in [2.45, 2.75) is 144 Å². The maximum absolute atomic E-state index is 13.5. The van der Waals surface area contributed by atoms with Crippen LogP contribution in [0.15, 0.2) is 0 Å². The summed E-state index contributed by atoms with van der Waals surface area (Å²) in [6.07, 6.45) is 3.76. The number of nitrogens with one attached hydrogen (secondary N) is 8. The van der Waals surface area contributed by atoms with Crippen LogP contribution < -0.4 is 42.5 Å². The highest BCUT2D eigenvalue weighted by Gasteiger charge is 2.33. The third kappa shape index (κ3) is 21.3. The molecule has 6 atom stereocenters. The van der Waals surface area contributed by atoms with E-state index in [9.17, 15) is 33.6 Å². The van der Waals surface area contributed by atoms with Crippen molar-refractivity contribution in [1.82, 2.24) is 47.4 Å². The van der Waals surface area contributed by atoms with E-state index in [1.807, 2.05) is 41.5 Å². The number of amides is 6. The Morgan fingerprint density at radius 2 is 0.897 bits per heavy atom. The third-order valence-electron chi connectivity index (χ3n) is 9.69. The summed E-state index contributed by atoms with van der Waals surface area (Å²) in [6, 6.07) is -5.95. The molecule has 1 aliphatic heterocycles. The van der Waals surface area contributed by atoms with Crippen LogP contribution in [0.5, 0.6) is 0 Å². The van der Waals surface area contributed by atoms with E-state index >= 15 is 0 Å². The summed E-state index contributed by atoms with van der Waals surface area (Å²) in [6.45, 7) is 23.2. The topological polar surface area (TPSA) is 228 Å². The number of hydrogen-bond acceptors (Lipinski definition) is 11. The molecule has 1 saturated heterocycles. The maximum atomic E-state index is 13.5. The minimum absolute atomic E-state index is 0.00937. The number of esters is 1. The molecular weight excluding hydrogens is 747 g/mol. The fourth-order valence-electron chi connectivity index (χ4n) is 6.50. The first-order valence-electron chi connectivity index (χ1n) is 21.3. The molecule has 0 unspecified atom stereocenters. The van der Waals surface area contributed by atoms with Gasteiger partial charge in [-0.1, -0.05) is 55.4 Å². The summed E-state index contributed by atoms with van der Waals surface area (Å²) < 4.78 is 4.83. The van der Waals surface area contributed by atoms with Gasteiger partial charge in [0.2, 0.25) is 35.4 Å². The molecule has 8 N–H and O–H groups in total.